The molecular weight excluding hydrogens is 444 g/mol. The molecule has 2 amide bonds. The molecule has 3 rings (SSSR count). The number of piperazine rings is 1. The van der Waals surface area contributed by atoms with Crippen molar-refractivity contribution < 1.29 is 27.2 Å². The van der Waals surface area contributed by atoms with E-state index in [1.54, 1.807) is 13.8 Å². The molecule has 33 heavy (non-hydrogen) atoms. The third-order valence-electron chi connectivity index (χ3n) is 5.92. The Hall–Kier alpha value is -3.24. The number of aromatic nitrogens is 2. The maximum absolute atomic E-state index is 14.5. The van der Waals surface area contributed by atoms with Crippen LogP contribution in [-0.2, 0) is 11.2 Å². The second-order valence-electron chi connectivity index (χ2n) is 8.25. The van der Waals surface area contributed by atoms with E-state index < -0.39 is 42.8 Å². The SMILES string of the molecule is Cc1c(Cc2ccc(F)c(C(=O)N3CCN(CC(C)C(F)(F)F)C(=O)C3)c2)n[nH]c(=O)c1C. The molecule has 1 aromatic carbocycles. The van der Waals surface area contributed by atoms with E-state index in [0.29, 0.717) is 22.4 Å². The largest absolute Gasteiger partial charge is 0.393 e. The minimum absolute atomic E-state index is 0.00139. The normalized spacial score (nSPS) is 15.7. The fourth-order valence-electron chi connectivity index (χ4n) is 3.56. The van der Waals surface area contributed by atoms with Gasteiger partial charge in [-0.1, -0.05) is 13.0 Å². The molecule has 1 atom stereocenters. The van der Waals surface area contributed by atoms with Crippen LogP contribution in [0.5, 0.6) is 0 Å². The van der Waals surface area contributed by atoms with Gasteiger partial charge in [-0.3, -0.25) is 14.4 Å². The Balaban J connectivity index is 1.74. The zero-order valence-corrected chi connectivity index (χ0v) is 18.4. The third kappa shape index (κ3) is 5.40. The smallest absolute Gasteiger partial charge is 0.339 e. The second-order valence-corrected chi connectivity index (χ2v) is 8.25. The number of carbonyl (C=O) groups is 2. The van der Waals surface area contributed by atoms with Crippen LogP contribution in [0.4, 0.5) is 17.6 Å². The highest BCUT2D eigenvalue weighted by molar-refractivity contribution is 5.97. The van der Waals surface area contributed by atoms with E-state index in [1.807, 2.05) is 0 Å². The van der Waals surface area contributed by atoms with E-state index in [9.17, 15) is 31.9 Å². The molecule has 0 radical (unpaired) electrons. The van der Waals surface area contributed by atoms with Gasteiger partial charge in [-0.05, 0) is 37.1 Å². The van der Waals surface area contributed by atoms with Crippen molar-refractivity contribution in [2.45, 2.75) is 33.4 Å². The molecule has 1 aliphatic rings. The number of amides is 2. The summed E-state index contributed by atoms with van der Waals surface area (Å²) >= 11 is 0. The molecule has 2 aromatic rings. The molecule has 1 N–H and O–H groups in total. The summed E-state index contributed by atoms with van der Waals surface area (Å²) in [4.78, 5) is 39.1. The van der Waals surface area contributed by atoms with Gasteiger partial charge in [0.25, 0.3) is 11.5 Å². The molecule has 0 bridgehead atoms. The average molecular weight is 468 g/mol. The summed E-state index contributed by atoms with van der Waals surface area (Å²) in [5, 5.41) is 6.42. The lowest BCUT2D eigenvalue weighted by molar-refractivity contribution is -0.176. The molecule has 0 saturated carbocycles. The van der Waals surface area contributed by atoms with Crippen molar-refractivity contribution >= 4 is 11.8 Å². The van der Waals surface area contributed by atoms with Crippen molar-refractivity contribution in [3.05, 3.63) is 62.3 Å². The predicted molar refractivity (Wildman–Crippen MR) is 111 cm³/mol. The highest BCUT2D eigenvalue weighted by atomic mass is 19.4. The van der Waals surface area contributed by atoms with Crippen molar-refractivity contribution in [1.82, 2.24) is 20.0 Å². The zero-order chi connectivity index (χ0) is 24.5. The van der Waals surface area contributed by atoms with Gasteiger partial charge >= 0.3 is 6.18 Å². The van der Waals surface area contributed by atoms with Gasteiger partial charge in [0.2, 0.25) is 5.91 Å². The topological polar surface area (TPSA) is 86.4 Å². The summed E-state index contributed by atoms with van der Waals surface area (Å²) in [5.41, 5.74) is 1.79. The fraction of sp³-hybridized carbons (Fsp3) is 0.455. The number of aromatic amines is 1. The van der Waals surface area contributed by atoms with Crippen LogP contribution in [0.3, 0.4) is 0 Å². The Morgan fingerprint density at radius 2 is 1.88 bits per heavy atom. The number of hydrogen-bond acceptors (Lipinski definition) is 4. The number of alkyl halides is 3. The van der Waals surface area contributed by atoms with Crippen molar-refractivity contribution in [3.63, 3.8) is 0 Å². The van der Waals surface area contributed by atoms with Gasteiger partial charge in [0.15, 0.2) is 0 Å². The highest BCUT2D eigenvalue weighted by Crippen LogP contribution is 2.27. The van der Waals surface area contributed by atoms with Crippen LogP contribution in [0.2, 0.25) is 0 Å². The molecule has 178 valence electrons. The first-order valence-electron chi connectivity index (χ1n) is 10.4. The van der Waals surface area contributed by atoms with Gasteiger partial charge in [0.1, 0.15) is 12.4 Å². The molecule has 0 spiro atoms. The van der Waals surface area contributed by atoms with Crippen LogP contribution in [-0.4, -0.2) is 64.2 Å². The van der Waals surface area contributed by atoms with Crippen LogP contribution in [0.25, 0.3) is 0 Å². The molecular formula is C22H24F4N4O3. The Labute approximate surface area is 187 Å². The average Bonchev–Trinajstić information content (AvgIpc) is 2.75. The molecule has 2 heterocycles. The molecule has 1 fully saturated rings. The van der Waals surface area contributed by atoms with Crippen molar-refractivity contribution in [2.24, 2.45) is 5.92 Å². The quantitative estimate of drug-likeness (QED) is 0.684. The Morgan fingerprint density at radius 3 is 2.52 bits per heavy atom. The lowest BCUT2D eigenvalue weighted by Crippen LogP contribution is -2.54. The van der Waals surface area contributed by atoms with Gasteiger partial charge < -0.3 is 9.80 Å². The first-order valence-corrected chi connectivity index (χ1v) is 10.4. The van der Waals surface area contributed by atoms with E-state index in [0.717, 1.165) is 22.8 Å². The second kappa shape index (κ2) is 9.32. The number of halogens is 4. The first-order chi connectivity index (χ1) is 15.4. The van der Waals surface area contributed by atoms with Crippen LogP contribution < -0.4 is 5.56 Å². The van der Waals surface area contributed by atoms with Gasteiger partial charge in [-0.15, -0.1) is 0 Å². The Kier molecular flexibility index (Phi) is 6.89. The summed E-state index contributed by atoms with van der Waals surface area (Å²) < 4.78 is 52.8. The number of hydrogen-bond donors (Lipinski definition) is 1. The van der Waals surface area contributed by atoms with E-state index in [4.69, 9.17) is 0 Å². The van der Waals surface area contributed by atoms with E-state index in [-0.39, 0.29) is 30.6 Å². The Bertz CT molecular complexity index is 1130. The van der Waals surface area contributed by atoms with Crippen molar-refractivity contribution in [1.29, 1.82) is 0 Å². The lowest BCUT2D eigenvalue weighted by Gasteiger charge is -2.36. The van der Waals surface area contributed by atoms with Gasteiger partial charge in [0, 0.05) is 31.6 Å². The first kappa shape index (κ1) is 24.4. The van der Waals surface area contributed by atoms with Crippen LogP contribution in [0.15, 0.2) is 23.0 Å². The summed E-state index contributed by atoms with van der Waals surface area (Å²) in [5.74, 6) is -3.79. The van der Waals surface area contributed by atoms with Gasteiger partial charge in [-0.2, -0.15) is 18.3 Å². The fourth-order valence-corrected chi connectivity index (χ4v) is 3.56. The van der Waals surface area contributed by atoms with Crippen LogP contribution in [0.1, 0.15) is 39.7 Å². The van der Waals surface area contributed by atoms with Gasteiger partial charge in [-0.25, -0.2) is 9.49 Å². The van der Waals surface area contributed by atoms with Gasteiger partial charge in [0.05, 0.1) is 17.2 Å². The van der Waals surface area contributed by atoms with E-state index in [2.05, 4.69) is 10.2 Å². The lowest BCUT2D eigenvalue weighted by atomic mass is 10.0. The summed E-state index contributed by atoms with van der Waals surface area (Å²) in [7, 11) is 0. The maximum Gasteiger partial charge on any atom is 0.393 e. The number of carbonyl (C=O) groups excluding carboxylic acids is 2. The highest BCUT2D eigenvalue weighted by Gasteiger charge is 2.39. The Morgan fingerprint density at radius 1 is 1.18 bits per heavy atom. The van der Waals surface area contributed by atoms with Crippen LogP contribution >= 0.6 is 0 Å². The zero-order valence-electron chi connectivity index (χ0n) is 18.4. The number of rotatable bonds is 5. The molecule has 11 heteroatoms. The maximum atomic E-state index is 14.5. The molecule has 7 nitrogen and oxygen atoms in total. The standard InChI is InChI=1S/C22H24F4N4O3/c1-12(22(24,25)26)10-29-6-7-30(11-19(29)31)21(33)16-8-15(4-5-17(16)23)9-18-13(2)14(3)20(32)28-27-18/h4-5,8,12H,6-7,9-11H2,1-3H3,(H,28,32). The number of benzene rings is 1. The molecule has 1 aromatic heterocycles. The summed E-state index contributed by atoms with van der Waals surface area (Å²) in [6.07, 6.45) is -4.18. The minimum Gasteiger partial charge on any atom is -0.339 e. The molecule has 1 unspecified atom stereocenters. The third-order valence-corrected chi connectivity index (χ3v) is 5.92. The molecule has 1 saturated heterocycles. The van der Waals surface area contributed by atoms with Crippen LogP contribution in [0, 0.1) is 25.6 Å². The molecule has 1 aliphatic heterocycles. The number of nitrogens with zero attached hydrogens (tertiary/aromatic N) is 3. The number of H-pyrrole nitrogens is 1. The monoisotopic (exact) mass is 468 g/mol. The number of nitrogens with one attached hydrogen (secondary N) is 1. The van der Waals surface area contributed by atoms with E-state index >= 15 is 0 Å². The molecule has 0 aliphatic carbocycles. The van der Waals surface area contributed by atoms with E-state index in [1.165, 1.54) is 12.1 Å². The minimum atomic E-state index is -4.42. The predicted octanol–water partition coefficient (Wildman–Crippen LogP) is 2.60. The van der Waals surface area contributed by atoms with Crippen molar-refractivity contribution in [3.8, 4) is 0 Å². The summed E-state index contributed by atoms with van der Waals surface area (Å²) in [6, 6.07) is 4.00. The summed E-state index contributed by atoms with van der Waals surface area (Å²) in [6.45, 7) is 3.42. The van der Waals surface area contributed by atoms with Crippen molar-refractivity contribution in [2.75, 3.05) is 26.2 Å².